The average molecular weight is 184 g/mol. The Hall–Kier alpha value is -1.13. The Morgan fingerprint density at radius 3 is 2.62 bits per heavy atom. The Labute approximate surface area is 75.9 Å². The number of nitrogens with zero attached hydrogens (tertiary/aromatic N) is 2. The highest BCUT2D eigenvalue weighted by atomic mass is 16.7. The van der Waals surface area contributed by atoms with Crippen molar-refractivity contribution in [3.63, 3.8) is 0 Å². The van der Waals surface area contributed by atoms with Crippen LogP contribution < -0.4 is 0 Å². The van der Waals surface area contributed by atoms with Crippen molar-refractivity contribution in [1.29, 1.82) is 0 Å². The van der Waals surface area contributed by atoms with Crippen LogP contribution in [0.3, 0.4) is 0 Å². The van der Waals surface area contributed by atoms with E-state index in [1.807, 2.05) is 0 Å². The molecule has 0 radical (unpaired) electrons. The molecular weight excluding hydrogens is 172 g/mol. The summed E-state index contributed by atoms with van der Waals surface area (Å²) < 4.78 is 0. The number of nitro groups is 1. The fraction of sp³-hybridized carbons (Fsp3) is 0.875. The van der Waals surface area contributed by atoms with Crippen LogP contribution in [0.2, 0.25) is 0 Å². The summed E-state index contributed by atoms with van der Waals surface area (Å²) in [5, 5.41) is 14.0. The van der Waals surface area contributed by atoms with E-state index in [-0.39, 0.29) is 11.4 Å². The highest BCUT2D eigenvalue weighted by molar-refractivity contribution is 5.75. The zero-order valence-corrected chi connectivity index (χ0v) is 7.36. The SMILES string of the molecule is O=[N+]([O-])C1=NOC2(CCCCC2)C1. The first-order valence-electron chi connectivity index (χ1n) is 4.61. The van der Waals surface area contributed by atoms with Crippen LogP contribution in [0.4, 0.5) is 0 Å². The van der Waals surface area contributed by atoms with E-state index < -0.39 is 4.92 Å². The molecule has 0 bridgehead atoms. The maximum Gasteiger partial charge on any atom is 0.389 e. The van der Waals surface area contributed by atoms with Crippen LogP contribution in [0.1, 0.15) is 38.5 Å². The maximum absolute atomic E-state index is 10.4. The normalized spacial score (nSPS) is 25.4. The minimum absolute atomic E-state index is 0.0121. The van der Waals surface area contributed by atoms with Gasteiger partial charge in [-0.15, -0.1) is 0 Å². The second-order valence-corrected chi connectivity index (χ2v) is 3.78. The van der Waals surface area contributed by atoms with Crippen molar-refractivity contribution in [2.75, 3.05) is 0 Å². The van der Waals surface area contributed by atoms with Gasteiger partial charge in [0.15, 0.2) is 10.8 Å². The lowest BCUT2D eigenvalue weighted by Gasteiger charge is -2.26. The monoisotopic (exact) mass is 184 g/mol. The van der Waals surface area contributed by atoms with E-state index in [2.05, 4.69) is 5.16 Å². The van der Waals surface area contributed by atoms with Crippen molar-refractivity contribution in [3.05, 3.63) is 10.1 Å². The Morgan fingerprint density at radius 2 is 2.08 bits per heavy atom. The average Bonchev–Trinajstić information content (AvgIpc) is 2.51. The van der Waals surface area contributed by atoms with Crippen LogP contribution in [0, 0.1) is 10.1 Å². The molecule has 1 aliphatic carbocycles. The summed E-state index contributed by atoms with van der Waals surface area (Å²) in [6.45, 7) is 0. The first kappa shape index (κ1) is 8.47. The number of hydrogen-bond acceptors (Lipinski definition) is 4. The summed E-state index contributed by atoms with van der Waals surface area (Å²) in [5.41, 5.74) is -0.319. The first-order chi connectivity index (χ1) is 6.22. The highest BCUT2D eigenvalue weighted by Crippen LogP contribution is 2.38. The van der Waals surface area contributed by atoms with Gasteiger partial charge >= 0.3 is 5.84 Å². The molecule has 2 aliphatic rings. The zero-order chi connectivity index (χ0) is 9.31. The predicted molar refractivity (Wildman–Crippen MR) is 45.9 cm³/mol. The number of rotatable bonds is 0. The second kappa shape index (κ2) is 2.97. The molecule has 1 fully saturated rings. The largest absolute Gasteiger partial charge is 0.389 e. The summed E-state index contributed by atoms with van der Waals surface area (Å²) in [6.07, 6.45) is 5.61. The minimum atomic E-state index is -0.441. The topological polar surface area (TPSA) is 64.7 Å². The van der Waals surface area contributed by atoms with Gasteiger partial charge in [-0.25, -0.2) is 0 Å². The van der Waals surface area contributed by atoms with E-state index in [1.54, 1.807) is 0 Å². The van der Waals surface area contributed by atoms with Crippen molar-refractivity contribution >= 4 is 5.84 Å². The van der Waals surface area contributed by atoms with Crippen molar-refractivity contribution in [3.8, 4) is 0 Å². The van der Waals surface area contributed by atoms with E-state index >= 15 is 0 Å². The van der Waals surface area contributed by atoms with Gasteiger partial charge in [0.1, 0.15) is 6.42 Å². The molecule has 1 spiro atoms. The molecule has 72 valence electrons. The molecule has 0 atom stereocenters. The van der Waals surface area contributed by atoms with Gasteiger partial charge in [0.2, 0.25) is 0 Å². The van der Waals surface area contributed by atoms with Gasteiger partial charge in [0.05, 0.1) is 0 Å². The molecule has 5 heteroatoms. The van der Waals surface area contributed by atoms with Gasteiger partial charge in [-0.05, 0) is 30.6 Å². The Kier molecular flexibility index (Phi) is 1.94. The Bertz CT molecular complexity index is 256. The Balaban J connectivity index is 2.02. The first-order valence-corrected chi connectivity index (χ1v) is 4.61. The van der Waals surface area contributed by atoms with Gasteiger partial charge in [-0.2, -0.15) is 0 Å². The van der Waals surface area contributed by atoms with Crippen LogP contribution in [-0.2, 0) is 4.84 Å². The van der Waals surface area contributed by atoms with Crippen molar-refractivity contribution in [2.45, 2.75) is 44.1 Å². The summed E-state index contributed by atoms with van der Waals surface area (Å²) in [7, 11) is 0. The van der Waals surface area contributed by atoms with E-state index in [0.717, 1.165) is 25.7 Å². The summed E-state index contributed by atoms with van der Waals surface area (Å²) in [5.74, 6) is -0.0121. The minimum Gasteiger partial charge on any atom is -0.358 e. The molecule has 13 heavy (non-hydrogen) atoms. The fourth-order valence-electron chi connectivity index (χ4n) is 2.06. The quantitative estimate of drug-likeness (QED) is 0.425. The van der Waals surface area contributed by atoms with Gasteiger partial charge in [-0.1, -0.05) is 6.42 Å². The van der Waals surface area contributed by atoms with Gasteiger partial charge < -0.3 is 10.1 Å². The standard InChI is InChI=1S/C8H12N2O3/c11-10(12)7-6-8(13-9-7)4-2-1-3-5-8/h1-6H2. The van der Waals surface area contributed by atoms with Gasteiger partial charge in [-0.3, -0.25) is 4.84 Å². The van der Waals surface area contributed by atoms with Crippen LogP contribution in [0.15, 0.2) is 5.16 Å². The van der Waals surface area contributed by atoms with Crippen molar-refractivity contribution < 1.29 is 9.76 Å². The number of amidine groups is 1. The molecule has 0 aromatic heterocycles. The molecule has 0 amide bonds. The lowest BCUT2D eigenvalue weighted by molar-refractivity contribution is -0.353. The second-order valence-electron chi connectivity index (χ2n) is 3.78. The highest BCUT2D eigenvalue weighted by Gasteiger charge is 2.46. The third-order valence-corrected chi connectivity index (χ3v) is 2.80. The maximum atomic E-state index is 10.4. The lowest BCUT2D eigenvalue weighted by Crippen LogP contribution is -2.32. The summed E-state index contributed by atoms with van der Waals surface area (Å²) in [6, 6.07) is 0. The zero-order valence-electron chi connectivity index (χ0n) is 7.36. The number of hydrogen-bond donors (Lipinski definition) is 0. The molecule has 1 saturated carbocycles. The fourth-order valence-corrected chi connectivity index (χ4v) is 2.06. The molecule has 0 N–H and O–H groups in total. The van der Waals surface area contributed by atoms with Crippen molar-refractivity contribution in [2.24, 2.45) is 5.16 Å². The molecule has 2 rings (SSSR count). The molecule has 0 aromatic rings. The van der Waals surface area contributed by atoms with Gasteiger partial charge in [0, 0.05) is 0 Å². The van der Waals surface area contributed by atoms with Crippen LogP contribution in [0.5, 0.6) is 0 Å². The van der Waals surface area contributed by atoms with E-state index in [9.17, 15) is 10.1 Å². The third-order valence-electron chi connectivity index (χ3n) is 2.80. The molecule has 0 unspecified atom stereocenters. The molecule has 0 aromatic carbocycles. The van der Waals surface area contributed by atoms with Crippen LogP contribution >= 0.6 is 0 Å². The molecule has 1 aliphatic heterocycles. The number of oxime groups is 1. The third kappa shape index (κ3) is 1.50. The van der Waals surface area contributed by atoms with E-state index in [0.29, 0.717) is 6.42 Å². The smallest absolute Gasteiger partial charge is 0.358 e. The molecular formula is C8H12N2O3. The predicted octanol–water partition coefficient (Wildman–Crippen LogP) is 1.70. The van der Waals surface area contributed by atoms with Crippen LogP contribution in [0.25, 0.3) is 0 Å². The van der Waals surface area contributed by atoms with Gasteiger partial charge in [0.25, 0.3) is 0 Å². The van der Waals surface area contributed by atoms with E-state index in [1.165, 1.54) is 6.42 Å². The van der Waals surface area contributed by atoms with Crippen molar-refractivity contribution in [1.82, 2.24) is 0 Å². The summed E-state index contributed by atoms with van der Waals surface area (Å²) in [4.78, 5) is 15.2. The Morgan fingerprint density at radius 1 is 1.38 bits per heavy atom. The summed E-state index contributed by atoms with van der Waals surface area (Å²) >= 11 is 0. The molecule has 1 heterocycles. The van der Waals surface area contributed by atoms with E-state index in [4.69, 9.17) is 4.84 Å². The lowest BCUT2D eigenvalue weighted by atomic mass is 9.82. The molecule has 0 saturated heterocycles. The molecule has 5 nitrogen and oxygen atoms in total. The van der Waals surface area contributed by atoms with Crippen LogP contribution in [-0.4, -0.2) is 16.4 Å².